The van der Waals surface area contributed by atoms with Gasteiger partial charge < -0.3 is 19.6 Å². The molecule has 0 aliphatic carbocycles. The Balaban J connectivity index is 1.59. The number of aliphatic hydroxyl groups is 1. The number of anilines is 2. The molecule has 2 aromatic carbocycles. The fourth-order valence-corrected chi connectivity index (χ4v) is 3.96. The van der Waals surface area contributed by atoms with Crippen molar-refractivity contribution in [1.82, 2.24) is 4.98 Å². The average molecular weight is 389 g/mol. The van der Waals surface area contributed by atoms with Gasteiger partial charge in [0.05, 0.1) is 37.8 Å². The molecule has 1 aromatic heterocycles. The minimum atomic E-state index is -0.0581. The second kappa shape index (κ2) is 8.53. The van der Waals surface area contributed by atoms with Gasteiger partial charge in [0.2, 0.25) is 5.88 Å². The zero-order valence-corrected chi connectivity index (χ0v) is 17.0. The lowest BCUT2D eigenvalue weighted by Crippen LogP contribution is -2.42. The van der Waals surface area contributed by atoms with Crippen molar-refractivity contribution in [2.75, 3.05) is 30.2 Å². The minimum absolute atomic E-state index is 0.0581. The summed E-state index contributed by atoms with van der Waals surface area (Å²) in [4.78, 5) is 8.95. The van der Waals surface area contributed by atoms with Crippen LogP contribution in [0, 0.1) is 6.92 Å². The lowest BCUT2D eigenvalue weighted by atomic mass is 10.1. The molecule has 0 radical (unpaired) electrons. The lowest BCUT2D eigenvalue weighted by molar-refractivity contribution is 0.258. The van der Waals surface area contributed by atoms with Crippen LogP contribution in [0.15, 0.2) is 66.9 Å². The van der Waals surface area contributed by atoms with E-state index in [0.717, 1.165) is 24.5 Å². The van der Waals surface area contributed by atoms with Crippen LogP contribution in [0.1, 0.15) is 16.7 Å². The van der Waals surface area contributed by atoms with Gasteiger partial charge in [0, 0.05) is 24.7 Å². The van der Waals surface area contributed by atoms with Gasteiger partial charge in [-0.1, -0.05) is 48.0 Å². The smallest absolute Gasteiger partial charge is 0.216 e. The van der Waals surface area contributed by atoms with Gasteiger partial charge in [-0.2, -0.15) is 0 Å². The van der Waals surface area contributed by atoms with Crippen LogP contribution in [-0.4, -0.2) is 36.5 Å². The predicted octanol–water partition coefficient (Wildman–Crippen LogP) is 3.79. The molecule has 1 aliphatic rings. The van der Waals surface area contributed by atoms with Crippen molar-refractivity contribution in [1.29, 1.82) is 0 Å². The topological polar surface area (TPSA) is 48.8 Å². The lowest BCUT2D eigenvalue weighted by Gasteiger charge is -2.29. The molecule has 0 saturated carbocycles. The minimum Gasteiger partial charge on any atom is -0.481 e. The summed E-state index contributed by atoms with van der Waals surface area (Å²) in [6.07, 6.45) is 2.39. The van der Waals surface area contributed by atoms with Crippen molar-refractivity contribution in [3.63, 3.8) is 0 Å². The van der Waals surface area contributed by atoms with Gasteiger partial charge in [-0.3, -0.25) is 0 Å². The highest BCUT2D eigenvalue weighted by Crippen LogP contribution is 2.38. The molecule has 1 aliphatic heterocycles. The van der Waals surface area contributed by atoms with Crippen molar-refractivity contribution >= 4 is 11.4 Å². The normalized spacial score (nSPS) is 14.0. The van der Waals surface area contributed by atoms with Crippen LogP contribution in [0.25, 0.3) is 0 Å². The number of hydrogen-bond acceptors (Lipinski definition) is 5. The first-order chi connectivity index (χ1) is 14.2. The predicted molar refractivity (Wildman–Crippen MR) is 117 cm³/mol. The van der Waals surface area contributed by atoms with Crippen molar-refractivity contribution in [2.24, 2.45) is 0 Å². The van der Waals surface area contributed by atoms with Crippen LogP contribution in [0.5, 0.6) is 5.88 Å². The molecule has 2 heterocycles. The average Bonchev–Trinajstić information content (AvgIpc) is 3.12. The molecular formula is C24H27N3O2. The highest BCUT2D eigenvalue weighted by atomic mass is 16.5. The quantitative estimate of drug-likeness (QED) is 0.666. The van der Waals surface area contributed by atoms with Crippen LogP contribution >= 0.6 is 0 Å². The zero-order chi connectivity index (χ0) is 20.2. The highest BCUT2D eigenvalue weighted by Gasteiger charge is 2.31. The molecule has 1 atom stereocenters. The standard InChI is InChI=1S/C24H27N3O2/c1-18-9-11-19(12-10-18)15-26-17-27(23-8-4-3-7-22(23)26)21(16-28)14-20-6-5-13-25-24(20)29-2/h3-13,21,28H,14-17H2,1-2H3. The first-order valence-corrected chi connectivity index (χ1v) is 9.94. The fraction of sp³-hybridized carbons (Fsp3) is 0.292. The number of pyridine rings is 1. The molecule has 0 amide bonds. The number of aryl methyl sites for hydroxylation is 1. The monoisotopic (exact) mass is 389 g/mol. The Kier molecular flexibility index (Phi) is 5.67. The van der Waals surface area contributed by atoms with Crippen molar-refractivity contribution in [2.45, 2.75) is 25.9 Å². The maximum atomic E-state index is 10.2. The fourth-order valence-electron chi connectivity index (χ4n) is 3.96. The number of ether oxygens (including phenoxy) is 1. The maximum Gasteiger partial charge on any atom is 0.216 e. The molecule has 5 nitrogen and oxygen atoms in total. The molecule has 0 spiro atoms. The first-order valence-electron chi connectivity index (χ1n) is 9.94. The van der Waals surface area contributed by atoms with E-state index >= 15 is 0 Å². The second-order valence-electron chi connectivity index (χ2n) is 7.50. The summed E-state index contributed by atoms with van der Waals surface area (Å²) >= 11 is 0. The molecular weight excluding hydrogens is 362 g/mol. The van der Waals surface area contributed by atoms with Crippen molar-refractivity contribution < 1.29 is 9.84 Å². The van der Waals surface area contributed by atoms with Crippen LogP contribution in [0.4, 0.5) is 11.4 Å². The molecule has 1 N–H and O–H groups in total. The summed E-state index contributed by atoms with van der Waals surface area (Å²) in [7, 11) is 1.63. The van der Waals surface area contributed by atoms with Gasteiger partial charge in [0.1, 0.15) is 0 Å². The van der Waals surface area contributed by atoms with E-state index in [1.807, 2.05) is 12.1 Å². The molecule has 0 bridgehead atoms. The Hall–Kier alpha value is -3.05. The van der Waals surface area contributed by atoms with E-state index in [9.17, 15) is 5.11 Å². The molecule has 0 saturated heterocycles. The third kappa shape index (κ3) is 4.05. The number of methoxy groups -OCH3 is 1. The number of hydrogen-bond donors (Lipinski definition) is 1. The van der Waals surface area contributed by atoms with E-state index in [1.54, 1.807) is 13.3 Å². The summed E-state index contributed by atoms with van der Waals surface area (Å²) in [6.45, 7) is 3.74. The van der Waals surface area contributed by atoms with Crippen LogP contribution in [-0.2, 0) is 13.0 Å². The number of rotatable bonds is 7. The van der Waals surface area contributed by atoms with Crippen LogP contribution in [0.3, 0.4) is 0 Å². The third-order valence-electron chi connectivity index (χ3n) is 5.50. The van der Waals surface area contributed by atoms with Gasteiger partial charge >= 0.3 is 0 Å². The van der Waals surface area contributed by atoms with Crippen molar-refractivity contribution in [3.05, 3.63) is 83.6 Å². The maximum absolute atomic E-state index is 10.2. The molecule has 150 valence electrons. The Morgan fingerprint density at radius 2 is 1.79 bits per heavy atom. The largest absolute Gasteiger partial charge is 0.481 e. The van der Waals surface area contributed by atoms with Gasteiger partial charge in [-0.25, -0.2) is 4.98 Å². The summed E-state index contributed by atoms with van der Waals surface area (Å²) in [5, 5.41) is 10.2. The van der Waals surface area contributed by atoms with E-state index in [2.05, 4.69) is 70.2 Å². The summed E-state index contributed by atoms with van der Waals surface area (Å²) in [5.41, 5.74) is 5.90. The molecule has 4 rings (SSSR count). The van der Waals surface area contributed by atoms with E-state index in [4.69, 9.17) is 4.74 Å². The van der Waals surface area contributed by atoms with E-state index in [0.29, 0.717) is 12.3 Å². The molecule has 1 unspecified atom stereocenters. The Bertz CT molecular complexity index is 958. The molecule has 5 heteroatoms. The number of fused-ring (bicyclic) bond motifs is 1. The number of benzene rings is 2. The summed E-state index contributed by atoms with van der Waals surface area (Å²) in [5.74, 6) is 0.620. The zero-order valence-electron chi connectivity index (χ0n) is 17.0. The molecule has 3 aromatic rings. The van der Waals surface area contributed by atoms with Gasteiger partial charge in [0.15, 0.2) is 0 Å². The van der Waals surface area contributed by atoms with Crippen LogP contribution < -0.4 is 14.5 Å². The van der Waals surface area contributed by atoms with Crippen molar-refractivity contribution in [3.8, 4) is 5.88 Å². The number of aliphatic hydroxyl groups excluding tert-OH is 1. The van der Waals surface area contributed by atoms with E-state index in [-0.39, 0.29) is 12.6 Å². The number of aromatic nitrogens is 1. The SMILES string of the molecule is COc1ncccc1CC(CO)N1CN(Cc2ccc(C)cc2)c2ccccc21. The Morgan fingerprint density at radius 3 is 2.52 bits per heavy atom. The van der Waals surface area contributed by atoms with E-state index in [1.165, 1.54) is 16.8 Å². The van der Waals surface area contributed by atoms with Gasteiger partial charge in [-0.05, 0) is 30.7 Å². The summed E-state index contributed by atoms with van der Waals surface area (Å²) in [6, 6.07) is 21.0. The van der Waals surface area contributed by atoms with E-state index < -0.39 is 0 Å². The number of para-hydroxylation sites is 2. The van der Waals surface area contributed by atoms with Crippen LogP contribution in [0.2, 0.25) is 0 Å². The second-order valence-corrected chi connectivity index (χ2v) is 7.50. The Labute approximate surface area is 172 Å². The third-order valence-corrected chi connectivity index (χ3v) is 5.50. The highest BCUT2D eigenvalue weighted by molar-refractivity contribution is 5.76. The summed E-state index contributed by atoms with van der Waals surface area (Å²) < 4.78 is 5.41. The van der Waals surface area contributed by atoms with Gasteiger partial charge in [0.25, 0.3) is 0 Å². The molecule has 29 heavy (non-hydrogen) atoms. The van der Waals surface area contributed by atoms with Gasteiger partial charge in [-0.15, -0.1) is 0 Å². The molecule has 0 fully saturated rings. The Morgan fingerprint density at radius 1 is 1.03 bits per heavy atom. The number of nitrogens with zero attached hydrogens (tertiary/aromatic N) is 3. The first kappa shape index (κ1) is 19.3.